The van der Waals surface area contributed by atoms with Crippen LogP contribution in [-0.2, 0) is 19.9 Å². The number of hydrogen-bond donors (Lipinski definition) is 1. The summed E-state index contributed by atoms with van der Waals surface area (Å²) in [4.78, 5) is 0. The fraction of sp³-hybridized carbons (Fsp3) is 0.471. The van der Waals surface area contributed by atoms with Crippen LogP contribution < -0.4 is 5.32 Å². The van der Waals surface area contributed by atoms with Crippen LogP contribution in [0, 0.1) is 13.8 Å². The molecule has 3 nitrogen and oxygen atoms in total. The highest BCUT2D eigenvalue weighted by molar-refractivity contribution is 6.31. The van der Waals surface area contributed by atoms with E-state index >= 15 is 0 Å². The molecule has 0 aliphatic rings. The average molecular weight is 306 g/mol. The maximum absolute atomic E-state index is 6.46. The zero-order valence-corrected chi connectivity index (χ0v) is 14.3. The van der Waals surface area contributed by atoms with E-state index in [9.17, 15) is 0 Å². The largest absolute Gasteiger partial charge is 0.313 e. The quantitative estimate of drug-likeness (QED) is 0.911. The number of likely N-dealkylation sites (N-methyl/N-ethyl adjacent to an activating group) is 1. The molecule has 21 heavy (non-hydrogen) atoms. The topological polar surface area (TPSA) is 29.9 Å². The number of aromatic nitrogens is 2. The van der Waals surface area contributed by atoms with Gasteiger partial charge in [-0.25, -0.2) is 0 Å². The molecule has 1 atom stereocenters. The van der Waals surface area contributed by atoms with Crippen molar-refractivity contribution in [2.24, 2.45) is 7.05 Å². The van der Waals surface area contributed by atoms with Crippen LogP contribution in [0.1, 0.15) is 41.0 Å². The van der Waals surface area contributed by atoms with Gasteiger partial charge < -0.3 is 5.32 Å². The molecule has 2 rings (SSSR count). The first-order valence-electron chi connectivity index (χ1n) is 7.42. The predicted molar refractivity (Wildman–Crippen MR) is 89.0 cm³/mol. The monoisotopic (exact) mass is 305 g/mol. The lowest BCUT2D eigenvalue weighted by molar-refractivity contribution is 0.561. The molecule has 1 unspecified atom stereocenters. The molecule has 0 saturated heterocycles. The second-order valence-electron chi connectivity index (χ2n) is 5.57. The Kier molecular flexibility index (Phi) is 5.07. The van der Waals surface area contributed by atoms with Crippen molar-refractivity contribution in [3.8, 4) is 0 Å². The van der Waals surface area contributed by atoms with E-state index in [0.717, 1.165) is 29.3 Å². The third kappa shape index (κ3) is 3.30. The van der Waals surface area contributed by atoms with Crippen LogP contribution in [0.4, 0.5) is 0 Å². The summed E-state index contributed by atoms with van der Waals surface area (Å²) in [5.41, 5.74) is 5.99. The van der Waals surface area contributed by atoms with Gasteiger partial charge in [-0.15, -0.1) is 0 Å². The summed E-state index contributed by atoms with van der Waals surface area (Å²) in [7, 11) is 3.96. The molecule has 1 aromatic carbocycles. The van der Waals surface area contributed by atoms with Crippen LogP contribution in [0.15, 0.2) is 18.2 Å². The van der Waals surface area contributed by atoms with Gasteiger partial charge in [0, 0.05) is 19.5 Å². The van der Waals surface area contributed by atoms with Gasteiger partial charge in [0.2, 0.25) is 0 Å². The van der Waals surface area contributed by atoms with Crippen molar-refractivity contribution in [3.63, 3.8) is 0 Å². The van der Waals surface area contributed by atoms with Gasteiger partial charge in [0.1, 0.15) is 0 Å². The van der Waals surface area contributed by atoms with Crippen LogP contribution in [0.25, 0.3) is 0 Å². The number of aryl methyl sites for hydroxylation is 4. The first-order valence-corrected chi connectivity index (χ1v) is 7.80. The molecule has 0 bridgehead atoms. The lowest BCUT2D eigenvalue weighted by Crippen LogP contribution is -2.20. The molecular weight excluding hydrogens is 282 g/mol. The summed E-state index contributed by atoms with van der Waals surface area (Å²) >= 11 is 6.46. The van der Waals surface area contributed by atoms with Crippen molar-refractivity contribution >= 4 is 11.6 Å². The molecule has 4 heteroatoms. The Hall–Kier alpha value is -1.32. The van der Waals surface area contributed by atoms with Crippen LogP contribution in [-0.4, -0.2) is 16.8 Å². The first kappa shape index (κ1) is 16.1. The SMILES string of the molecule is CCc1nn(C)c(CC(NC)c2ccc(C)c(C)c2)c1Cl. The zero-order valence-electron chi connectivity index (χ0n) is 13.5. The Balaban J connectivity index is 2.31. The number of halogens is 1. The molecule has 1 aromatic heterocycles. The van der Waals surface area contributed by atoms with Crippen molar-refractivity contribution < 1.29 is 0 Å². The summed E-state index contributed by atoms with van der Waals surface area (Å²) in [6.45, 7) is 6.37. The van der Waals surface area contributed by atoms with Crippen LogP contribution in [0.2, 0.25) is 5.02 Å². The standard InChI is InChI=1S/C17H24ClN3/c1-6-14-17(18)16(21(5)20-14)10-15(19-4)13-8-7-11(2)12(3)9-13/h7-9,15,19H,6,10H2,1-5H3. The van der Waals surface area contributed by atoms with E-state index in [0.29, 0.717) is 0 Å². The van der Waals surface area contributed by atoms with E-state index < -0.39 is 0 Å². The summed E-state index contributed by atoms with van der Waals surface area (Å²) in [6.07, 6.45) is 1.70. The molecule has 0 radical (unpaired) electrons. The van der Waals surface area contributed by atoms with Crippen molar-refractivity contribution in [1.82, 2.24) is 15.1 Å². The van der Waals surface area contributed by atoms with Crippen molar-refractivity contribution in [2.45, 2.75) is 39.7 Å². The predicted octanol–water partition coefficient (Wildman–Crippen LogP) is 3.76. The zero-order chi connectivity index (χ0) is 15.6. The molecule has 0 aliphatic carbocycles. The molecule has 2 aromatic rings. The second kappa shape index (κ2) is 6.63. The summed E-state index contributed by atoms with van der Waals surface area (Å²) in [6, 6.07) is 6.86. The molecular formula is C17H24ClN3. The Labute approximate surface area is 132 Å². The van der Waals surface area contributed by atoms with Crippen molar-refractivity contribution in [3.05, 3.63) is 51.3 Å². The average Bonchev–Trinajstić information content (AvgIpc) is 2.74. The third-order valence-corrected chi connectivity index (χ3v) is 4.62. The van der Waals surface area contributed by atoms with E-state index in [1.165, 1.54) is 16.7 Å². The van der Waals surface area contributed by atoms with Gasteiger partial charge in [0.15, 0.2) is 0 Å². The van der Waals surface area contributed by atoms with Crippen LogP contribution in [0.5, 0.6) is 0 Å². The number of nitrogens with one attached hydrogen (secondary N) is 1. The van der Waals surface area contributed by atoms with Crippen LogP contribution in [0.3, 0.4) is 0 Å². The van der Waals surface area contributed by atoms with E-state index in [-0.39, 0.29) is 6.04 Å². The minimum Gasteiger partial charge on any atom is -0.313 e. The lowest BCUT2D eigenvalue weighted by Gasteiger charge is -2.18. The van der Waals surface area contributed by atoms with E-state index in [4.69, 9.17) is 11.6 Å². The summed E-state index contributed by atoms with van der Waals surface area (Å²) in [5.74, 6) is 0. The second-order valence-corrected chi connectivity index (χ2v) is 5.95. The van der Waals surface area contributed by atoms with Gasteiger partial charge >= 0.3 is 0 Å². The molecule has 0 saturated carbocycles. The molecule has 0 aliphatic heterocycles. The summed E-state index contributed by atoms with van der Waals surface area (Å²) < 4.78 is 1.91. The van der Waals surface area contributed by atoms with Gasteiger partial charge in [-0.1, -0.05) is 36.7 Å². The fourth-order valence-corrected chi connectivity index (χ4v) is 2.97. The Bertz CT molecular complexity index is 631. The first-order chi connectivity index (χ1) is 9.97. The third-order valence-electron chi connectivity index (χ3n) is 4.18. The highest BCUT2D eigenvalue weighted by atomic mass is 35.5. The number of hydrogen-bond acceptors (Lipinski definition) is 2. The van der Waals surface area contributed by atoms with Gasteiger partial charge in [0.25, 0.3) is 0 Å². The van der Waals surface area contributed by atoms with Crippen molar-refractivity contribution in [2.75, 3.05) is 7.05 Å². The van der Waals surface area contributed by atoms with Gasteiger partial charge in [-0.05, 0) is 44.0 Å². The minimum absolute atomic E-state index is 0.238. The highest BCUT2D eigenvalue weighted by Crippen LogP contribution is 2.27. The van der Waals surface area contributed by atoms with E-state index in [1.807, 2.05) is 18.8 Å². The normalized spacial score (nSPS) is 12.7. The Morgan fingerprint density at radius 2 is 2.00 bits per heavy atom. The minimum atomic E-state index is 0.238. The summed E-state index contributed by atoms with van der Waals surface area (Å²) in [5, 5.41) is 8.70. The van der Waals surface area contributed by atoms with E-state index in [2.05, 4.69) is 49.4 Å². The van der Waals surface area contributed by atoms with E-state index in [1.54, 1.807) is 0 Å². The molecule has 0 spiro atoms. The number of benzene rings is 1. The maximum Gasteiger partial charge on any atom is 0.0850 e. The number of rotatable bonds is 5. The molecule has 1 N–H and O–H groups in total. The van der Waals surface area contributed by atoms with Crippen molar-refractivity contribution in [1.29, 1.82) is 0 Å². The smallest absolute Gasteiger partial charge is 0.0850 e. The Morgan fingerprint density at radius 3 is 2.52 bits per heavy atom. The number of nitrogens with zero attached hydrogens (tertiary/aromatic N) is 2. The van der Waals surface area contributed by atoms with Crippen LogP contribution >= 0.6 is 11.6 Å². The van der Waals surface area contributed by atoms with Gasteiger partial charge in [-0.2, -0.15) is 5.10 Å². The Morgan fingerprint density at radius 1 is 1.29 bits per heavy atom. The van der Waals surface area contributed by atoms with Gasteiger partial charge in [0.05, 0.1) is 16.4 Å². The molecule has 114 valence electrons. The van der Waals surface area contributed by atoms with Gasteiger partial charge in [-0.3, -0.25) is 4.68 Å². The lowest BCUT2D eigenvalue weighted by atomic mass is 9.98. The molecule has 0 fully saturated rings. The maximum atomic E-state index is 6.46. The fourth-order valence-electron chi connectivity index (χ4n) is 2.60. The molecule has 1 heterocycles. The molecule has 0 amide bonds. The highest BCUT2D eigenvalue weighted by Gasteiger charge is 2.18.